The van der Waals surface area contributed by atoms with E-state index in [1.54, 1.807) is 6.92 Å². The quantitative estimate of drug-likeness (QED) is 0.119. The smallest absolute Gasteiger partial charge is 0.302 e. The molecule has 0 aliphatic rings. The van der Waals surface area contributed by atoms with Crippen molar-refractivity contribution in [2.75, 3.05) is 19.6 Å². The van der Waals surface area contributed by atoms with Crippen molar-refractivity contribution in [2.24, 2.45) is 17.0 Å². The van der Waals surface area contributed by atoms with Crippen molar-refractivity contribution in [1.82, 2.24) is 0 Å². The third-order valence-corrected chi connectivity index (χ3v) is 5.60. The van der Waals surface area contributed by atoms with E-state index in [2.05, 4.69) is 18.4 Å². The Labute approximate surface area is 192 Å². The fourth-order valence-electron chi connectivity index (χ4n) is 2.43. The standard InChI is InChI=1S/C9H17F2NO4S.C8H16F2O5S/c1-5-8(16-17(4,13)14)7(2)9(10,11)6-12-15-3;1-4-6(15-16(3,13)14)5(2)8(9,10)7(11)12/h6-8H,5H2,1-4H3;5-7,11-12H,4H2,1-3H3/b12-6+;/t7-,8?;5-,6?/m11/s1. The minimum Gasteiger partial charge on any atom is -0.399 e. The number of oxime groups is 1. The van der Waals surface area contributed by atoms with E-state index in [9.17, 15) is 34.4 Å². The van der Waals surface area contributed by atoms with Gasteiger partial charge in [-0.1, -0.05) is 32.9 Å². The number of rotatable bonds is 13. The van der Waals surface area contributed by atoms with Crippen LogP contribution in [-0.2, 0) is 33.4 Å². The third kappa shape index (κ3) is 13.4. The van der Waals surface area contributed by atoms with E-state index in [1.165, 1.54) is 13.8 Å². The molecule has 0 radical (unpaired) electrons. The van der Waals surface area contributed by atoms with Crippen LogP contribution >= 0.6 is 0 Å². The summed E-state index contributed by atoms with van der Waals surface area (Å²) < 4.78 is 106. The molecule has 0 heterocycles. The van der Waals surface area contributed by atoms with Gasteiger partial charge in [0.2, 0.25) is 6.29 Å². The summed E-state index contributed by atoms with van der Waals surface area (Å²) in [6, 6.07) is 0. The van der Waals surface area contributed by atoms with Gasteiger partial charge in [0.1, 0.15) is 13.3 Å². The fourth-order valence-corrected chi connectivity index (χ4v) is 3.93. The number of aliphatic hydroxyl groups is 2. The Balaban J connectivity index is 0. The Hall–Kier alpha value is -1.07. The number of hydrogen-bond donors (Lipinski definition) is 2. The average molecular weight is 536 g/mol. The van der Waals surface area contributed by atoms with Gasteiger partial charge in [-0.05, 0) is 12.8 Å². The maximum Gasteiger partial charge on any atom is 0.302 e. The second kappa shape index (κ2) is 13.7. The molecule has 0 amide bonds. The van der Waals surface area contributed by atoms with E-state index in [-0.39, 0.29) is 12.8 Å². The molecule has 16 heteroatoms. The summed E-state index contributed by atoms with van der Waals surface area (Å²) >= 11 is 0. The highest BCUT2D eigenvalue weighted by atomic mass is 32.2. The molecule has 0 bridgehead atoms. The molecule has 33 heavy (non-hydrogen) atoms. The number of alkyl halides is 4. The topological polar surface area (TPSA) is 149 Å². The van der Waals surface area contributed by atoms with Crippen LogP contribution in [0, 0.1) is 11.8 Å². The first-order chi connectivity index (χ1) is 14.7. The molecule has 0 saturated heterocycles. The number of hydrogen-bond acceptors (Lipinski definition) is 10. The second-order valence-corrected chi connectivity index (χ2v) is 10.4. The van der Waals surface area contributed by atoms with Crippen LogP contribution in [0.1, 0.15) is 40.5 Å². The molecule has 0 spiro atoms. The van der Waals surface area contributed by atoms with Crippen LogP contribution in [0.25, 0.3) is 0 Å². The molecule has 0 aromatic heterocycles. The van der Waals surface area contributed by atoms with Crippen molar-refractivity contribution in [1.29, 1.82) is 0 Å². The Bertz CT molecular complexity index is 805. The minimum atomic E-state index is -3.86. The lowest BCUT2D eigenvalue weighted by molar-refractivity contribution is -0.241. The molecule has 2 unspecified atom stereocenters. The van der Waals surface area contributed by atoms with Gasteiger partial charge < -0.3 is 15.1 Å². The van der Waals surface area contributed by atoms with Crippen molar-refractivity contribution < 1.29 is 57.8 Å². The van der Waals surface area contributed by atoms with E-state index in [0.717, 1.165) is 26.5 Å². The van der Waals surface area contributed by atoms with Crippen molar-refractivity contribution in [3.05, 3.63) is 0 Å². The van der Waals surface area contributed by atoms with E-state index in [4.69, 9.17) is 10.2 Å². The second-order valence-electron chi connectivity index (χ2n) is 7.21. The van der Waals surface area contributed by atoms with E-state index in [0.29, 0.717) is 6.21 Å². The zero-order valence-corrected chi connectivity index (χ0v) is 21.0. The molecule has 2 N–H and O–H groups in total. The van der Waals surface area contributed by atoms with Crippen LogP contribution in [0.15, 0.2) is 5.16 Å². The molecule has 0 aromatic rings. The Kier molecular flexibility index (Phi) is 14.2. The number of halogens is 4. The molecular formula is C17H33F4NO9S2. The van der Waals surface area contributed by atoms with Gasteiger partial charge in [0.15, 0.2) is 0 Å². The van der Waals surface area contributed by atoms with Gasteiger partial charge in [0.05, 0.1) is 36.6 Å². The molecular weight excluding hydrogens is 502 g/mol. The van der Waals surface area contributed by atoms with Gasteiger partial charge in [0.25, 0.3) is 26.2 Å². The first-order valence-corrected chi connectivity index (χ1v) is 13.2. The Morgan fingerprint density at radius 2 is 1.24 bits per heavy atom. The summed E-state index contributed by atoms with van der Waals surface area (Å²) in [4.78, 5) is 4.17. The molecule has 0 saturated carbocycles. The zero-order valence-electron chi connectivity index (χ0n) is 19.4. The van der Waals surface area contributed by atoms with Gasteiger partial charge >= 0.3 is 5.92 Å². The van der Waals surface area contributed by atoms with Gasteiger partial charge in [0, 0.05) is 0 Å². The van der Waals surface area contributed by atoms with E-state index < -0.39 is 62.4 Å². The lowest BCUT2D eigenvalue weighted by Crippen LogP contribution is -2.45. The monoisotopic (exact) mass is 535 g/mol. The summed E-state index contributed by atoms with van der Waals surface area (Å²) in [5.41, 5.74) is 0. The van der Waals surface area contributed by atoms with Crippen LogP contribution in [-0.4, -0.2) is 83.2 Å². The van der Waals surface area contributed by atoms with E-state index in [1.807, 2.05) is 0 Å². The highest BCUT2D eigenvalue weighted by molar-refractivity contribution is 7.86. The first-order valence-electron chi connectivity index (χ1n) is 9.62. The molecule has 10 nitrogen and oxygen atoms in total. The minimum absolute atomic E-state index is 0.0105. The predicted molar refractivity (Wildman–Crippen MR) is 112 cm³/mol. The molecule has 0 aromatic carbocycles. The molecule has 0 aliphatic heterocycles. The number of nitrogens with zero attached hydrogens (tertiary/aromatic N) is 1. The SMILES string of the molecule is CCC(OS(C)(=O)=O)[C@@H](C)C(F)(F)/C=N/OC.CCC(OS(C)(=O)=O)[C@@H](C)C(F)(F)C(O)O. The van der Waals surface area contributed by atoms with Crippen molar-refractivity contribution in [3.63, 3.8) is 0 Å². The summed E-state index contributed by atoms with van der Waals surface area (Å²) in [5, 5.41) is 20.0. The maximum atomic E-state index is 13.5. The normalized spacial score (nSPS) is 17.3. The molecule has 200 valence electrons. The Morgan fingerprint density at radius 1 is 0.879 bits per heavy atom. The van der Waals surface area contributed by atoms with Gasteiger partial charge in [-0.3, -0.25) is 8.37 Å². The van der Waals surface area contributed by atoms with Crippen molar-refractivity contribution in [3.8, 4) is 0 Å². The summed E-state index contributed by atoms with van der Waals surface area (Å²) in [6.07, 6.45) is -3.19. The van der Waals surface area contributed by atoms with E-state index >= 15 is 0 Å². The summed E-state index contributed by atoms with van der Waals surface area (Å²) in [5.74, 6) is -10.1. The summed E-state index contributed by atoms with van der Waals surface area (Å²) in [7, 11) is -6.49. The van der Waals surface area contributed by atoms with Crippen LogP contribution < -0.4 is 0 Å². The fraction of sp³-hybridized carbons (Fsp3) is 0.941. The summed E-state index contributed by atoms with van der Waals surface area (Å²) in [6.45, 7) is 5.22. The molecule has 0 fully saturated rings. The third-order valence-electron chi connectivity index (χ3n) is 4.41. The van der Waals surface area contributed by atoms with Crippen LogP contribution in [0.3, 0.4) is 0 Å². The Morgan fingerprint density at radius 3 is 1.52 bits per heavy atom. The molecule has 4 atom stereocenters. The van der Waals surface area contributed by atoms with Crippen LogP contribution in [0.4, 0.5) is 17.6 Å². The predicted octanol–water partition coefficient (Wildman–Crippen LogP) is 1.97. The maximum absolute atomic E-state index is 13.5. The molecule has 0 aliphatic carbocycles. The zero-order chi connectivity index (χ0) is 26.8. The highest BCUT2D eigenvalue weighted by Gasteiger charge is 2.47. The number of aliphatic hydroxyl groups excluding tert-OH is 1. The molecule has 0 rings (SSSR count). The largest absolute Gasteiger partial charge is 0.399 e. The van der Waals surface area contributed by atoms with Crippen LogP contribution in [0.5, 0.6) is 0 Å². The highest BCUT2D eigenvalue weighted by Crippen LogP contribution is 2.33. The van der Waals surface area contributed by atoms with Gasteiger partial charge in [-0.15, -0.1) is 0 Å². The van der Waals surface area contributed by atoms with Crippen molar-refractivity contribution in [2.45, 2.75) is 70.9 Å². The van der Waals surface area contributed by atoms with Crippen LogP contribution in [0.2, 0.25) is 0 Å². The van der Waals surface area contributed by atoms with Gasteiger partial charge in [-0.2, -0.15) is 25.6 Å². The van der Waals surface area contributed by atoms with Gasteiger partial charge in [-0.25, -0.2) is 8.78 Å². The average Bonchev–Trinajstić information content (AvgIpc) is 2.66. The first kappa shape index (κ1) is 34.1. The van der Waals surface area contributed by atoms with Crippen molar-refractivity contribution >= 4 is 26.5 Å². The lowest BCUT2D eigenvalue weighted by Gasteiger charge is -2.30. The lowest BCUT2D eigenvalue weighted by atomic mass is 9.95.